The van der Waals surface area contributed by atoms with Gasteiger partial charge in [-0.25, -0.2) is 4.79 Å². The molecule has 0 saturated carbocycles. The summed E-state index contributed by atoms with van der Waals surface area (Å²) < 4.78 is 20.8. The van der Waals surface area contributed by atoms with Gasteiger partial charge in [-0.1, -0.05) is 65.4 Å². The highest BCUT2D eigenvalue weighted by molar-refractivity contribution is 5.86. The minimum absolute atomic E-state index is 0.0491. The second kappa shape index (κ2) is 20.5. The fourth-order valence-electron chi connectivity index (χ4n) is 4.21. The van der Waals surface area contributed by atoms with E-state index in [4.69, 9.17) is 18.9 Å². The highest BCUT2D eigenvalue weighted by Crippen LogP contribution is 2.38. The van der Waals surface area contributed by atoms with E-state index in [2.05, 4.69) is 6.58 Å². The van der Waals surface area contributed by atoms with Crippen LogP contribution in [0.15, 0.2) is 12.2 Å². The molecule has 0 bridgehead atoms. The van der Waals surface area contributed by atoms with Crippen molar-refractivity contribution in [1.29, 1.82) is 0 Å². The highest BCUT2D eigenvalue weighted by atomic mass is 16.6. The van der Waals surface area contributed by atoms with Gasteiger partial charge in [0, 0.05) is 12.0 Å². The lowest BCUT2D eigenvalue weighted by molar-refractivity contribution is -0.163. The highest BCUT2D eigenvalue weighted by Gasteiger charge is 2.42. The molecule has 0 aromatic rings. The van der Waals surface area contributed by atoms with Crippen LogP contribution in [0.1, 0.15) is 125 Å². The van der Waals surface area contributed by atoms with E-state index in [1.165, 1.54) is 0 Å². The van der Waals surface area contributed by atoms with Crippen LogP contribution in [0.5, 0.6) is 0 Å². The largest absolute Gasteiger partial charge is 0.465 e. The van der Waals surface area contributed by atoms with Gasteiger partial charge in [-0.05, 0) is 59.8 Å². The zero-order valence-corrected chi connectivity index (χ0v) is 25.5. The van der Waals surface area contributed by atoms with E-state index < -0.39 is 16.8 Å². The molecule has 1 unspecified atom stereocenters. The molecule has 0 fully saturated rings. The molecule has 0 saturated heterocycles. The van der Waals surface area contributed by atoms with Gasteiger partial charge in [0.25, 0.3) is 0 Å². The third-order valence-electron chi connectivity index (χ3n) is 6.78. The molecule has 8 nitrogen and oxygen atoms in total. The minimum atomic E-state index is -0.758. The summed E-state index contributed by atoms with van der Waals surface area (Å²) in [5.74, 6) is -1.25. The molecule has 0 amide bonds. The molecule has 0 aromatic carbocycles. The van der Waals surface area contributed by atoms with Crippen molar-refractivity contribution >= 4 is 23.9 Å². The number of rotatable bonds is 23. The van der Waals surface area contributed by atoms with Crippen LogP contribution in [0.2, 0.25) is 0 Å². The van der Waals surface area contributed by atoms with Gasteiger partial charge in [0.05, 0.1) is 24.0 Å². The quantitative estimate of drug-likeness (QED) is 0.0582. The van der Waals surface area contributed by atoms with Crippen molar-refractivity contribution in [2.24, 2.45) is 10.8 Å². The molecular weight excluding hydrogens is 500 g/mol. The molecule has 0 aliphatic carbocycles. The Kier molecular flexibility index (Phi) is 19.3. The second-order valence-electron chi connectivity index (χ2n) is 11.3. The van der Waals surface area contributed by atoms with Crippen LogP contribution >= 0.6 is 0 Å². The molecule has 0 heterocycles. The van der Waals surface area contributed by atoms with Crippen molar-refractivity contribution < 1.29 is 38.1 Å². The Labute approximate surface area is 236 Å². The first kappa shape index (κ1) is 36.6. The molecule has 0 aliphatic heterocycles. The van der Waals surface area contributed by atoms with E-state index in [0.717, 1.165) is 64.2 Å². The maximum atomic E-state index is 12.7. The summed E-state index contributed by atoms with van der Waals surface area (Å²) in [5, 5.41) is 0. The predicted molar refractivity (Wildman–Crippen MR) is 152 cm³/mol. The Morgan fingerprint density at radius 1 is 0.641 bits per heavy atom. The van der Waals surface area contributed by atoms with Gasteiger partial charge in [-0.2, -0.15) is 0 Å². The average molecular weight is 555 g/mol. The lowest BCUT2D eigenvalue weighted by Gasteiger charge is -2.33. The van der Waals surface area contributed by atoms with Crippen molar-refractivity contribution in [3.05, 3.63) is 12.2 Å². The van der Waals surface area contributed by atoms with E-state index in [-0.39, 0.29) is 31.1 Å². The molecule has 226 valence electrons. The zero-order chi connectivity index (χ0) is 29.7. The van der Waals surface area contributed by atoms with E-state index in [1.54, 1.807) is 6.92 Å². The van der Waals surface area contributed by atoms with Gasteiger partial charge < -0.3 is 18.9 Å². The third-order valence-corrected chi connectivity index (χ3v) is 6.78. The Balaban J connectivity index is 3.83. The maximum Gasteiger partial charge on any atom is 0.333 e. The lowest BCUT2D eigenvalue weighted by Crippen LogP contribution is -2.38. The molecule has 0 aliphatic rings. The van der Waals surface area contributed by atoms with Crippen LogP contribution in [-0.4, -0.2) is 50.3 Å². The molecule has 0 radical (unpaired) electrons. The van der Waals surface area contributed by atoms with Crippen LogP contribution in [0.3, 0.4) is 0 Å². The van der Waals surface area contributed by atoms with Gasteiger partial charge in [-0.15, -0.1) is 0 Å². The number of carbonyl (C=O) groups excluding carboxylic acids is 4. The van der Waals surface area contributed by atoms with Crippen LogP contribution in [0, 0.1) is 10.8 Å². The Bertz CT molecular complexity index is 758. The molecule has 0 spiro atoms. The Hall–Kier alpha value is -2.38. The number of unbranched alkanes of at least 4 members (excludes halogenated alkanes) is 8. The van der Waals surface area contributed by atoms with Crippen molar-refractivity contribution in [3.63, 3.8) is 0 Å². The normalized spacial score (nSPS) is 12.8. The maximum absolute atomic E-state index is 12.7. The topological polar surface area (TPSA) is 105 Å². The van der Waals surface area contributed by atoms with Crippen LogP contribution in [-0.2, 0) is 38.1 Å². The van der Waals surface area contributed by atoms with Crippen molar-refractivity contribution in [3.8, 4) is 0 Å². The van der Waals surface area contributed by atoms with Gasteiger partial charge in [0.1, 0.15) is 13.2 Å². The first-order valence-corrected chi connectivity index (χ1v) is 14.7. The molecule has 1 atom stereocenters. The summed E-state index contributed by atoms with van der Waals surface area (Å²) in [6, 6.07) is 0. The monoisotopic (exact) mass is 554 g/mol. The van der Waals surface area contributed by atoms with Gasteiger partial charge in [-0.3, -0.25) is 14.4 Å². The first-order valence-electron chi connectivity index (χ1n) is 14.7. The number of ether oxygens (including phenoxy) is 4. The van der Waals surface area contributed by atoms with Crippen LogP contribution < -0.4 is 0 Å². The Morgan fingerprint density at radius 3 is 1.69 bits per heavy atom. The van der Waals surface area contributed by atoms with Gasteiger partial charge in [0.15, 0.2) is 0 Å². The molecular formula is C31H54O8. The van der Waals surface area contributed by atoms with Gasteiger partial charge in [0.2, 0.25) is 0 Å². The molecule has 39 heavy (non-hydrogen) atoms. The summed E-state index contributed by atoms with van der Waals surface area (Å²) in [5.41, 5.74) is -1.14. The fourth-order valence-corrected chi connectivity index (χ4v) is 4.21. The first-order chi connectivity index (χ1) is 18.4. The molecule has 8 heteroatoms. The molecule has 0 N–H and O–H groups in total. The summed E-state index contributed by atoms with van der Waals surface area (Å²) in [6.45, 7) is 15.4. The lowest BCUT2D eigenvalue weighted by atomic mass is 9.72. The number of hydrogen-bond donors (Lipinski definition) is 0. The second-order valence-corrected chi connectivity index (χ2v) is 11.3. The van der Waals surface area contributed by atoms with Crippen molar-refractivity contribution in [2.45, 2.75) is 125 Å². The smallest absolute Gasteiger partial charge is 0.333 e. The van der Waals surface area contributed by atoms with Gasteiger partial charge >= 0.3 is 23.9 Å². The van der Waals surface area contributed by atoms with E-state index in [0.29, 0.717) is 38.0 Å². The Morgan fingerprint density at radius 2 is 1.15 bits per heavy atom. The standard InChI is InChI=1S/C31H54O8/c1-8-20-38-29(35)31(7,9-2)24-30(5,6)28(34)39-21-18-16-14-12-10-11-13-15-17-19-26(32)36-22-23-37-27(33)25(3)4/h3,8-24H2,1-2,4-7H3. The predicted octanol–water partition coefficient (Wildman–Crippen LogP) is 6.88. The zero-order valence-electron chi connectivity index (χ0n) is 25.5. The van der Waals surface area contributed by atoms with E-state index in [1.807, 2.05) is 34.6 Å². The number of carbonyl (C=O) groups is 4. The van der Waals surface area contributed by atoms with E-state index in [9.17, 15) is 19.2 Å². The van der Waals surface area contributed by atoms with Crippen LogP contribution in [0.4, 0.5) is 0 Å². The summed E-state index contributed by atoms with van der Waals surface area (Å²) >= 11 is 0. The summed E-state index contributed by atoms with van der Waals surface area (Å²) in [7, 11) is 0. The van der Waals surface area contributed by atoms with Crippen LogP contribution in [0.25, 0.3) is 0 Å². The van der Waals surface area contributed by atoms with Crippen molar-refractivity contribution in [2.75, 3.05) is 26.4 Å². The summed E-state index contributed by atoms with van der Waals surface area (Å²) in [6.07, 6.45) is 11.4. The molecule has 0 rings (SSSR count). The number of hydrogen-bond acceptors (Lipinski definition) is 8. The summed E-state index contributed by atoms with van der Waals surface area (Å²) in [4.78, 5) is 48.1. The third kappa shape index (κ3) is 17.0. The number of esters is 4. The SMILES string of the molecule is C=C(C)C(=O)OCCOC(=O)CCCCCCCCCCCOC(=O)C(C)(C)CC(C)(CC)C(=O)OCCC. The fraction of sp³-hybridized carbons (Fsp3) is 0.806. The van der Waals surface area contributed by atoms with Crippen molar-refractivity contribution in [1.82, 2.24) is 0 Å². The average Bonchev–Trinajstić information content (AvgIpc) is 2.89. The molecule has 0 aromatic heterocycles. The van der Waals surface area contributed by atoms with E-state index >= 15 is 0 Å². The minimum Gasteiger partial charge on any atom is -0.465 e.